The minimum atomic E-state index is -1.32. The standard InChI is InChI=1S/C44H57N9O8/c1-27-26-33(31-20-24-51(25-21-31)36(45-38(54)55)46-39(56)59-42(3,4)5)16-17-34(27)53-28(2)35(49-50-53)32-14-12-29(13-15-32)30-18-22-52(23-19-30)37(47-40(57)60-43(6,7)8)48-41(58)61-44(9,10)11/h12-18,20,26H,19,21-25H2,1-11H3,(H,54,55)(H,45,46,56)(H,47,48,57,58). The van der Waals surface area contributed by atoms with Crippen molar-refractivity contribution in [3.05, 3.63) is 77.0 Å². The molecular formula is C44H57N9O8. The van der Waals surface area contributed by atoms with Crippen molar-refractivity contribution in [3.8, 4) is 16.9 Å². The number of carbonyl (C=O) groups excluding carboxylic acids is 3. The van der Waals surface area contributed by atoms with Gasteiger partial charge in [0, 0.05) is 31.7 Å². The van der Waals surface area contributed by atoms with E-state index in [1.807, 2.05) is 67.1 Å². The molecule has 0 fully saturated rings. The molecule has 2 aromatic carbocycles. The minimum absolute atomic E-state index is 0.0602. The van der Waals surface area contributed by atoms with Crippen LogP contribution in [0.1, 0.15) is 97.5 Å². The van der Waals surface area contributed by atoms with Crippen molar-refractivity contribution < 1.29 is 38.5 Å². The predicted molar refractivity (Wildman–Crippen MR) is 232 cm³/mol. The molecule has 61 heavy (non-hydrogen) atoms. The largest absolute Gasteiger partial charge is 0.465 e. The second-order valence-corrected chi connectivity index (χ2v) is 17.8. The number of benzene rings is 2. The van der Waals surface area contributed by atoms with Crippen molar-refractivity contribution in [1.29, 1.82) is 0 Å². The topological polar surface area (TPSA) is 202 Å². The van der Waals surface area contributed by atoms with Gasteiger partial charge >= 0.3 is 24.4 Å². The SMILES string of the molecule is Cc1cc(C2=CCN(C(=NC(=O)OC(C)(C)C)NC(=O)O)CC2)ccc1-n1nnc(-c2ccc(C3=CCN(C(=NC(=O)OC(C)(C)C)NC(=O)OC(C)(C)C)CC3)cc2)c1C. The number of aliphatic imine (C=N–C) groups is 2. The van der Waals surface area contributed by atoms with E-state index >= 15 is 0 Å². The fourth-order valence-electron chi connectivity index (χ4n) is 6.60. The van der Waals surface area contributed by atoms with Crippen LogP contribution in [0.4, 0.5) is 19.2 Å². The Kier molecular flexibility index (Phi) is 13.7. The van der Waals surface area contributed by atoms with E-state index in [1.54, 1.807) is 72.1 Å². The third-order valence-electron chi connectivity index (χ3n) is 9.25. The molecule has 4 amide bonds. The van der Waals surface area contributed by atoms with Gasteiger partial charge in [-0.15, -0.1) is 15.1 Å². The number of alkyl carbamates (subject to hydrolysis) is 1. The van der Waals surface area contributed by atoms with Crippen LogP contribution in [0.15, 0.2) is 64.6 Å². The molecule has 2 aliphatic rings. The van der Waals surface area contributed by atoms with E-state index in [1.165, 1.54) is 0 Å². The smallest absolute Gasteiger partial charge is 0.437 e. The molecule has 0 radical (unpaired) electrons. The number of hydrogen-bond donors (Lipinski definition) is 3. The highest BCUT2D eigenvalue weighted by molar-refractivity contribution is 6.00. The van der Waals surface area contributed by atoms with Crippen LogP contribution in [0, 0.1) is 13.8 Å². The summed E-state index contributed by atoms with van der Waals surface area (Å²) in [7, 11) is 0. The van der Waals surface area contributed by atoms with Crippen molar-refractivity contribution in [3.63, 3.8) is 0 Å². The molecular weight excluding hydrogens is 783 g/mol. The molecule has 0 spiro atoms. The Labute approximate surface area is 356 Å². The van der Waals surface area contributed by atoms with E-state index in [9.17, 15) is 24.3 Å². The highest BCUT2D eigenvalue weighted by atomic mass is 16.6. The average molecular weight is 840 g/mol. The number of carboxylic acid groups (broad SMARTS) is 1. The molecule has 3 aromatic rings. The van der Waals surface area contributed by atoms with Crippen molar-refractivity contribution in [2.45, 2.75) is 106 Å². The zero-order valence-electron chi connectivity index (χ0n) is 36.9. The van der Waals surface area contributed by atoms with Gasteiger partial charge in [-0.2, -0.15) is 0 Å². The zero-order chi connectivity index (χ0) is 44.9. The van der Waals surface area contributed by atoms with Gasteiger partial charge in [0.2, 0.25) is 11.9 Å². The van der Waals surface area contributed by atoms with Gasteiger partial charge in [0.25, 0.3) is 0 Å². The van der Waals surface area contributed by atoms with Gasteiger partial charge in [-0.1, -0.05) is 47.7 Å². The van der Waals surface area contributed by atoms with Gasteiger partial charge in [-0.3, -0.25) is 10.6 Å². The van der Waals surface area contributed by atoms with E-state index in [0.29, 0.717) is 39.0 Å². The van der Waals surface area contributed by atoms with Crippen LogP contribution in [0.5, 0.6) is 0 Å². The Balaban J connectivity index is 1.27. The minimum Gasteiger partial charge on any atom is -0.465 e. The molecule has 2 aliphatic heterocycles. The number of aryl methyl sites for hydroxylation is 1. The number of hydrogen-bond acceptors (Lipinski definition) is 9. The van der Waals surface area contributed by atoms with E-state index in [0.717, 1.165) is 50.5 Å². The van der Waals surface area contributed by atoms with Gasteiger partial charge in [0.1, 0.15) is 22.5 Å². The van der Waals surface area contributed by atoms with E-state index in [4.69, 9.17) is 14.2 Å². The van der Waals surface area contributed by atoms with Crippen molar-refractivity contribution in [2.75, 3.05) is 26.2 Å². The molecule has 0 atom stereocenters. The highest BCUT2D eigenvalue weighted by Crippen LogP contribution is 2.30. The number of rotatable bonds is 4. The summed E-state index contributed by atoms with van der Waals surface area (Å²) in [5, 5.41) is 23.3. The average Bonchev–Trinajstić information content (AvgIpc) is 3.52. The summed E-state index contributed by atoms with van der Waals surface area (Å²) in [4.78, 5) is 60.5. The first-order valence-electron chi connectivity index (χ1n) is 20.1. The highest BCUT2D eigenvalue weighted by Gasteiger charge is 2.26. The molecule has 17 nitrogen and oxygen atoms in total. The van der Waals surface area contributed by atoms with Crippen LogP contribution in [-0.4, -0.2) is 109 Å². The molecule has 0 bridgehead atoms. The van der Waals surface area contributed by atoms with Crippen LogP contribution >= 0.6 is 0 Å². The van der Waals surface area contributed by atoms with Gasteiger partial charge in [0.15, 0.2) is 0 Å². The fraction of sp³-hybridized carbons (Fsp3) is 0.455. The van der Waals surface area contributed by atoms with E-state index in [-0.39, 0.29) is 11.9 Å². The van der Waals surface area contributed by atoms with Gasteiger partial charge in [-0.25, -0.2) is 23.9 Å². The van der Waals surface area contributed by atoms with Crippen molar-refractivity contribution in [2.24, 2.45) is 9.98 Å². The number of nitrogens with one attached hydrogen (secondary N) is 2. The normalized spacial score (nSPS) is 15.4. The number of guanidine groups is 2. The van der Waals surface area contributed by atoms with Gasteiger partial charge in [0.05, 0.1) is 11.4 Å². The number of nitrogens with zero attached hydrogens (tertiary/aromatic N) is 7. The third kappa shape index (κ3) is 13.0. The predicted octanol–water partition coefficient (Wildman–Crippen LogP) is 8.10. The monoisotopic (exact) mass is 839 g/mol. The van der Waals surface area contributed by atoms with Crippen LogP contribution < -0.4 is 10.6 Å². The van der Waals surface area contributed by atoms with E-state index in [2.05, 4.69) is 37.0 Å². The lowest BCUT2D eigenvalue weighted by Crippen LogP contribution is -2.48. The van der Waals surface area contributed by atoms with Crippen molar-refractivity contribution >= 4 is 47.4 Å². The fourth-order valence-corrected chi connectivity index (χ4v) is 6.60. The Morgan fingerprint density at radius 2 is 1.15 bits per heavy atom. The molecule has 0 saturated carbocycles. The maximum atomic E-state index is 12.7. The lowest BCUT2D eigenvalue weighted by Gasteiger charge is -2.30. The number of amides is 4. The van der Waals surface area contributed by atoms with Crippen LogP contribution in [-0.2, 0) is 14.2 Å². The molecule has 326 valence electrons. The number of carbonyl (C=O) groups is 4. The second-order valence-electron chi connectivity index (χ2n) is 17.8. The summed E-state index contributed by atoms with van der Waals surface area (Å²) in [5.41, 5.74) is 6.43. The summed E-state index contributed by atoms with van der Waals surface area (Å²) in [5.74, 6) is -0.0213. The quantitative estimate of drug-likeness (QED) is 0.130. The van der Waals surface area contributed by atoms with Crippen LogP contribution in [0.2, 0.25) is 0 Å². The molecule has 0 unspecified atom stereocenters. The summed E-state index contributed by atoms with van der Waals surface area (Å²) in [6.45, 7) is 21.3. The summed E-state index contributed by atoms with van der Waals surface area (Å²) >= 11 is 0. The molecule has 0 saturated heterocycles. The molecule has 1 aromatic heterocycles. The Morgan fingerprint density at radius 3 is 1.61 bits per heavy atom. The third-order valence-corrected chi connectivity index (χ3v) is 9.25. The zero-order valence-corrected chi connectivity index (χ0v) is 36.9. The van der Waals surface area contributed by atoms with Gasteiger partial charge in [-0.05, 0) is 129 Å². The number of aromatic nitrogens is 3. The van der Waals surface area contributed by atoms with Gasteiger partial charge < -0.3 is 29.1 Å². The summed E-state index contributed by atoms with van der Waals surface area (Å²) in [6.07, 6.45) is 1.54. The number of ether oxygens (including phenoxy) is 3. The molecule has 5 rings (SSSR count). The lowest BCUT2D eigenvalue weighted by atomic mass is 9.97. The molecule has 3 heterocycles. The molecule has 3 N–H and O–H groups in total. The van der Waals surface area contributed by atoms with Crippen LogP contribution in [0.3, 0.4) is 0 Å². The Bertz CT molecular complexity index is 2270. The Morgan fingerprint density at radius 1 is 0.672 bits per heavy atom. The first-order chi connectivity index (χ1) is 28.4. The first kappa shape index (κ1) is 45.6. The second kappa shape index (κ2) is 18.4. The lowest BCUT2D eigenvalue weighted by molar-refractivity contribution is 0.0550. The summed E-state index contributed by atoms with van der Waals surface area (Å²) in [6, 6.07) is 14.3. The van der Waals surface area contributed by atoms with Crippen LogP contribution in [0.25, 0.3) is 28.1 Å². The summed E-state index contributed by atoms with van der Waals surface area (Å²) < 4.78 is 17.9. The van der Waals surface area contributed by atoms with Crippen molar-refractivity contribution in [1.82, 2.24) is 35.4 Å². The van der Waals surface area contributed by atoms with E-state index < -0.39 is 41.2 Å². The molecule has 0 aliphatic carbocycles. The Hall–Kier alpha value is -6.52. The maximum absolute atomic E-state index is 12.7. The molecule has 17 heteroatoms. The first-order valence-corrected chi connectivity index (χ1v) is 20.1. The maximum Gasteiger partial charge on any atom is 0.437 e.